The minimum atomic E-state index is -1.23. The number of hydrogen-bond acceptors (Lipinski definition) is 1. The van der Waals surface area contributed by atoms with Crippen molar-refractivity contribution < 1.29 is 13.9 Å². The van der Waals surface area contributed by atoms with Crippen LogP contribution in [0.1, 0.15) is 44.2 Å². The number of aliphatic hydroxyl groups is 1. The standard InChI is InChI=1S/C15H20F2O/c1-9-6-10(2)8-15(18,7-9)12-5-4-11(3)13(16)14(12)17/h4-5,9-10,18H,6-8H2,1-3H3. The van der Waals surface area contributed by atoms with Crippen LogP contribution in [-0.2, 0) is 5.60 Å². The smallest absolute Gasteiger partial charge is 0.165 e. The van der Waals surface area contributed by atoms with Crippen molar-refractivity contribution >= 4 is 0 Å². The summed E-state index contributed by atoms with van der Waals surface area (Å²) in [5.74, 6) is -1.09. The van der Waals surface area contributed by atoms with Crippen LogP contribution in [0.3, 0.4) is 0 Å². The number of rotatable bonds is 1. The van der Waals surface area contributed by atoms with Gasteiger partial charge in [0.25, 0.3) is 0 Å². The fourth-order valence-corrected chi connectivity index (χ4v) is 3.32. The van der Waals surface area contributed by atoms with Crippen molar-refractivity contribution in [2.24, 2.45) is 11.8 Å². The largest absolute Gasteiger partial charge is 0.385 e. The molecule has 1 aliphatic carbocycles. The Balaban J connectivity index is 2.44. The first-order valence-electron chi connectivity index (χ1n) is 6.51. The molecule has 1 N–H and O–H groups in total. The first-order valence-corrected chi connectivity index (χ1v) is 6.51. The van der Waals surface area contributed by atoms with Gasteiger partial charge < -0.3 is 5.11 Å². The van der Waals surface area contributed by atoms with Crippen LogP contribution < -0.4 is 0 Å². The Kier molecular flexibility index (Phi) is 3.45. The summed E-state index contributed by atoms with van der Waals surface area (Å²) in [6.07, 6.45) is 2.02. The second-order valence-electron chi connectivity index (χ2n) is 5.94. The molecule has 2 unspecified atom stereocenters. The summed E-state index contributed by atoms with van der Waals surface area (Å²) in [7, 11) is 0. The zero-order valence-corrected chi connectivity index (χ0v) is 11.1. The first-order chi connectivity index (χ1) is 8.33. The summed E-state index contributed by atoms with van der Waals surface area (Å²) >= 11 is 0. The third-order valence-electron chi connectivity index (χ3n) is 3.95. The number of aryl methyl sites for hydroxylation is 1. The minimum Gasteiger partial charge on any atom is -0.385 e. The van der Waals surface area contributed by atoms with Gasteiger partial charge in [-0.15, -0.1) is 0 Å². The fourth-order valence-electron chi connectivity index (χ4n) is 3.32. The molecule has 2 rings (SSSR count). The summed E-state index contributed by atoms with van der Waals surface area (Å²) in [6.45, 7) is 5.62. The van der Waals surface area contributed by atoms with Crippen molar-refractivity contribution in [3.8, 4) is 0 Å². The Morgan fingerprint density at radius 1 is 1.11 bits per heavy atom. The summed E-state index contributed by atoms with van der Waals surface area (Å²) < 4.78 is 27.6. The van der Waals surface area contributed by atoms with E-state index in [1.165, 1.54) is 19.1 Å². The van der Waals surface area contributed by atoms with E-state index in [1.54, 1.807) is 0 Å². The van der Waals surface area contributed by atoms with Crippen molar-refractivity contribution in [3.05, 3.63) is 34.9 Å². The molecule has 100 valence electrons. The number of hydrogen-bond donors (Lipinski definition) is 1. The van der Waals surface area contributed by atoms with Crippen LogP contribution in [-0.4, -0.2) is 5.11 Å². The van der Waals surface area contributed by atoms with Crippen LogP contribution in [0.15, 0.2) is 12.1 Å². The molecular weight excluding hydrogens is 234 g/mol. The van der Waals surface area contributed by atoms with Gasteiger partial charge in [0.2, 0.25) is 0 Å². The molecule has 0 heterocycles. The van der Waals surface area contributed by atoms with Gasteiger partial charge in [0.05, 0.1) is 5.60 Å². The van der Waals surface area contributed by atoms with Crippen LogP contribution in [0, 0.1) is 30.4 Å². The van der Waals surface area contributed by atoms with E-state index < -0.39 is 17.2 Å². The van der Waals surface area contributed by atoms with E-state index in [4.69, 9.17) is 0 Å². The molecule has 0 aromatic heterocycles. The average Bonchev–Trinajstić information content (AvgIpc) is 2.23. The third kappa shape index (κ3) is 2.28. The molecular formula is C15H20F2O. The highest BCUT2D eigenvalue weighted by atomic mass is 19.2. The van der Waals surface area contributed by atoms with E-state index in [2.05, 4.69) is 0 Å². The third-order valence-corrected chi connectivity index (χ3v) is 3.95. The van der Waals surface area contributed by atoms with Gasteiger partial charge in [-0.2, -0.15) is 0 Å². The number of halogens is 2. The highest BCUT2D eigenvalue weighted by molar-refractivity contribution is 5.30. The summed E-state index contributed by atoms with van der Waals surface area (Å²) in [6, 6.07) is 3.06. The lowest BCUT2D eigenvalue weighted by Gasteiger charge is -2.39. The molecule has 0 amide bonds. The second-order valence-corrected chi connectivity index (χ2v) is 5.94. The summed E-state index contributed by atoms with van der Waals surface area (Å²) in [5.41, 5.74) is -0.837. The van der Waals surface area contributed by atoms with Gasteiger partial charge in [-0.25, -0.2) is 8.78 Å². The second kappa shape index (κ2) is 4.61. The molecule has 0 saturated heterocycles. The normalized spacial score (nSPS) is 32.6. The van der Waals surface area contributed by atoms with Crippen molar-refractivity contribution in [2.75, 3.05) is 0 Å². The van der Waals surface area contributed by atoms with Gasteiger partial charge in [-0.3, -0.25) is 0 Å². The SMILES string of the molecule is Cc1ccc(C2(O)CC(C)CC(C)C2)c(F)c1F. The van der Waals surface area contributed by atoms with Gasteiger partial charge in [-0.1, -0.05) is 26.0 Å². The Morgan fingerprint density at radius 3 is 2.22 bits per heavy atom. The van der Waals surface area contributed by atoms with E-state index in [0.717, 1.165) is 6.42 Å². The highest BCUT2D eigenvalue weighted by Gasteiger charge is 2.39. The number of benzene rings is 1. The molecule has 3 heteroatoms. The van der Waals surface area contributed by atoms with Crippen molar-refractivity contribution in [1.82, 2.24) is 0 Å². The van der Waals surface area contributed by atoms with Crippen molar-refractivity contribution in [1.29, 1.82) is 0 Å². The molecule has 1 aromatic rings. The predicted octanol–water partition coefficient (Wildman–Crippen LogP) is 3.92. The Morgan fingerprint density at radius 2 is 1.67 bits per heavy atom. The monoisotopic (exact) mass is 254 g/mol. The van der Waals surface area contributed by atoms with Crippen LogP contribution in [0.5, 0.6) is 0 Å². The molecule has 0 aliphatic heterocycles. The van der Waals surface area contributed by atoms with Crippen LogP contribution >= 0.6 is 0 Å². The van der Waals surface area contributed by atoms with Crippen LogP contribution in [0.4, 0.5) is 8.78 Å². The topological polar surface area (TPSA) is 20.2 Å². The lowest BCUT2D eigenvalue weighted by atomic mass is 9.70. The quantitative estimate of drug-likeness (QED) is 0.805. The zero-order valence-electron chi connectivity index (χ0n) is 11.1. The van der Waals surface area contributed by atoms with Gasteiger partial charge in [0.15, 0.2) is 11.6 Å². The van der Waals surface area contributed by atoms with E-state index >= 15 is 0 Å². The molecule has 0 bridgehead atoms. The predicted molar refractivity (Wildman–Crippen MR) is 67.2 cm³/mol. The summed E-state index contributed by atoms with van der Waals surface area (Å²) in [5, 5.41) is 10.7. The average molecular weight is 254 g/mol. The lowest BCUT2D eigenvalue weighted by molar-refractivity contribution is -0.0393. The molecule has 0 radical (unpaired) electrons. The van der Waals surface area contributed by atoms with Gasteiger partial charge in [-0.05, 0) is 43.6 Å². The van der Waals surface area contributed by atoms with Crippen LogP contribution in [0.25, 0.3) is 0 Å². The van der Waals surface area contributed by atoms with Gasteiger partial charge in [0, 0.05) is 5.56 Å². The zero-order chi connectivity index (χ0) is 13.5. The minimum absolute atomic E-state index is 0.115. The molecule has 1 aromatic carbocycles. The van der Waals surface area contributed by atoms with E-state index in [1.807, 2.05) is 13.8 Å². The Bertz CT molecular complexity index is 446. The molecule has 1 nitrogen and oxygen atoms in total. The Labute approximate surface area is 107 Å². The van der Waals surface area contributed by atoms with E-state index in [9.17, 15) is 13.9 Å². The molecule has 0 spiro atoms. The molecule has 1 aliphatic rings. The highest BCUT2D eigenvalue weighted by Crippen LogP contribution is 2.43. The van der Waals surface area contributed by atoms with Crippen molar-refractivity contribution in [3.63, 3.8) is 0 Å². The van der Waals surface area contributed by atoms with Crippen molar-refractivity contribution in [2.45, 2.75) is 45.6 Å². The van der Waals surface area contributed by atoms with E-state index in [0.29, 0.717) is 24.7 Å². The maximum atomic E-state index is 14.0. The summed E-state index contributed by atoms with van der Waals surface area (Å²) in [4.78, 5) is 0. The molecule has 2 atom stereocenters. The van der Waals surface area contributed by atoms with Crippen LogP contribution in [0.2, 0.25) is 0 Å². The lowest BCUT2D eigenvalue weighted by Crippen LogP contribution is -2.36. The molecule has 18 heavy (non-hydrogen) atoms. The van der Waals surface area contributed by atoms with Gasteiger partial charge >= 0.3 is 0 Å². The molecule has 1 fully saturated rings. The van der Waals surface area contributed by atoms with E-state index in [-0.39, 0.29) is 11.1 Å². The maximum absolute atomic E-state index is 14.0. The molecule has 1 saturated carbocycles. The first kappa shape index (κ1) is 13.5. The fraction of sp³-hybridized carbons (Fsp3) is 0.600. The Hall–Kier alpha value is -0.960. The van der Waals surface area contributed by atoms with Gasteiger partial charge in [0.1, 0.15) is 0 Å². The maximum Gasteiger partial charge on any atom is 0.165 e.